The number of carbonyl (C=O) groups excluding carboxylic acids is 2. The molecule has 7 nitrogen and oxygen atoms in total. The molecule has 0 aliphatic heterocycles. The monoisotopic (exact) mass is 515 g/mol. The Morgan fingerprint density at radius 2 is 1.64 bits per heavy atom. The van der Waals surface area contributed by atoms with E-state index < -0.39 is 22.0 Å². The summed E-state index contributed by atoms with van der Waals surface area (Å²) in [7, 11) is -3.77. The highest BCUT2D eigenvalue weighted by molar-refractivity contribution is 7.92. The van der Waals surface area contributed by atoms with Crippen LogP contribution in [0.15, 0.2) is 48.5 Å². The molecule has 0 spiro atoms. The minimum Gasteiger partial charge on any atom is -0.352 e. The molecule has 2 atom stereocenters. The van der Waals surface area contributed by atoms with E-state index in [-0.39, 0.29) is 31.0 Å². The van der Waals surface area contributed by atoms with Gasteiger partial charge in [-0.05, 0) is 49.8 Å². The second-order valence-corrected chi connectivity index (χ2v) is 11.6. The molecule has 0 aliphatic carbocycles. The molecule has 0 aliphatic rings. The second-order valence-electron chi connectivity index (χ2n) is 9.74. The van der Waals surface area contributed by atoms with Crippen LogP contribution in [0.25, 0.3) is 0 Å². The van der Waals surface area contributed by atoms with Gasteiger partial charge in [0.1, 0.15) is 12.6 Å². The number of nitrogens with zero attached hydrogens (tertiary/aromatic N) is 2. The topological polar surface area (TPSA) is 86.8 Å². The number of hydrogen-bond acceptors (Lipinski definition) is 4. The quantitative estimate of drug-likeness (QED) is 0.447. The maximum atomic E-state index is 13.8. The molecule has 0 heterocycles. The molecule has 1 N–H and O–H groups in total. The third kappa shape index (κ3) is 7.82. The van der Waals surface area contributed by atoms with E-state index in [2.05, 4.69) is 5.32 Å². The van der Waals surface area contributed by atoms with Gasteiger partial charge in [0.05, 0.1) is 11.9 Å². The van der Waals surface area contributed by atoms with Crippen LogP contribution < -0.4 is 9.62 Å². The summed E-state index contributed by atoms with van der Waals surface area (Å²) in [6.45, 7) is 11.5. The van der Waals surface area contributed by atoms with Gasteiger partial charge in [0.25, 0.3) is 0 Å². The zero-order chi connectivity index (χ0) is 27.0. The first-order valence-electron chi connectivity index (χ1n) is 12.6. The Morgan fingerprint density at radius 3 is 2.19 bits per heavy atom. The van der Waals surface area contributed by atoms with Crippen LogP contribution in [0.4, 0.5) is 5.69 Å². The normalized spacial score (nSPS) is 13.2. The van der Waals surface area contributed by atoms with Gasteiger partial charge in [0.2, 0.25) is 21.8 Å². The summed E-state index contributed by atoms with van der Waals surface area (Å²) in [5.41, 5.74) is 3.24. The van der Waals surface area contributed by atoms with Gasteiger partial charge in [0, 0.05) is 12.6 Å². The molecule has 0 bridgehead atoms. The molecule has 198 valence electrons. The first-order chi connectivity index (χ1) is 16.9. The molecule has 2 amide bonds. The van der Waals surface area contributed by atoms with Gasteiger partial charge in [-0.2, -0.15) is 0 Å². The predicted octanol–water partition coefficient (Wildman–Crippen LogP) is 4.61. The van der Waals surface area contributed by atoms with E-state index in [1.807, 2.05) is 77.9 Å². The molecular weight excluding hydrogens is 474 g/mol. The zero-order valence-corrected chi connectivity index (χ0v) is 23.4. The third-order valence-corrected chi connectivity index (χ3v) is 7.46. The Balaban J connectivity index is 2.51. The zero-order valence-electron chi connectivity index (χ0n) is 22.6. The van der Waals surface area contributed by atoms with Gasteiger partial charge in [-0.1, -0.05) is 75.7 Å². The molecule has 0 radical (unpaired) electrons. The molecule has 0 aromatic heterocycles. The predicted molar refractivity (Wildman–Crippen MR) is 146 cm³/mol. The van der Waals surface area contributed by atoms with Gasteiger partial charge < -0.3 is 10.2 Å². The van der Waals surface area contributed by atoms with Gasteiger partial charge >= 0.3 is 0 Å². The van der Waals surface area contributed by atoms with Crippen LogP contribution >= 0.6 is 0 Å². The minimum atomic E-state index is -3.77. The Bertz CT molecular complexity index is 1150. The van der Waals surface area contributed by atoms with Gasteiger partial charge in [-0.3, -0.25) is 13.9 Å². The minimum absolute atomic E-state index is 0.0343. The summed E-state index contributed by atoms with van der Waals surface area (Å²) in [5, 5.41) is 2.99. The standard InChI is InChI=1S/C28H41N3O4S/c1-8-22(6)29-28(33)25(9-2)30(18-23-14-12-13-21(5)17-23)27(32)19-31(36(7,34)35)26-16-11-10-15-24(26)20(3)4/h10-17,20,22,25H,8-9,18-19H2,1-7H3,(H,29,33). The van der Waals surface area contributed by atoms with Crippen molar-refractivity contribution in [2.75, 3.05) is 17.1 Å². The van der Waals surface area contributed by atoms with E-state index in [1.165, 1.54) is 4.90 Å². The molecule has 2 aromatic rings. The van der Waals surface area contributed by atoms with E-state index in [0.717, 1.165) is 33.7 Å². The highest BCUT2D eigenvalue weighted by Crippen LogP contribution is 2.29. The molecule has 2 rings (SSSR count). The highest BCUT2D eigenvalue weighted by atomic mass is 32.2. The van der Waals surface area contributed by atoms with Crippen LogP contribution in [0.1, 0.15) is 70.1 Å². The number of anilines is 1. The van der Waals surface area contributed by atoms with E-state index >= 15 is 0 Å². The van der Waals surface area contributed by atoms with E-state index in [9.17, 15) is 18.0 Å². The Labute approximate surface area is 216 Å². The summed E-state index contributed by atoms with van der Waals surface area (Å²) in [4.78, 5) is 28.6. The number of rotatable bonds is 12. The van der Waals surface area contributed by atoms with Crippen molar-refractivity contribution in [3.63, 3.8) is 0 Å². The van der Waals surface area contributed by atoms with Crippen LogP contribution in [0.2, 0.25) is 0 Å². The maximum absolute atomic E-state index is 13.8. The largest absolute Gasteiger partial charge is 0.352 e. The van der Waals surface area contributed by atoms with Crippen molar-refractivity contribution in [1.82, 2.24) is 10.2 Å². The van der Waals surface area contributed by atoms with Crippen molar-refractivity contribution in [3.05, 3.63) is 65.2 Å². The first kappa shape index (κ1) is 29.4. The summed E-state index contributed by atoms with van der Waals surface area (Å²) in [6.07, 6.45) is 2.28. The third-order valence-electron chi connectivity index (χ3n) is 6.33. The number of hydrogen-bond donors (Lipinski definition) is 1. The lowest BCUT2D eigenvalue weighted by Gasteiger charge is -2.34. The van der Waals surface area contributed by atoms with Crippen LogP contribution in [-0.2, 0) is 26.2 Å². The van der Waals surface area contributed by atoms with Crippen LogP contribution in [0, 0.1) is 6.92 Å². The van der Waals surface area contributed by atoms with Gasteiger partial charge in [0.15, 0.2) is 0 Å². The number of nitrogens with one attached hydrogen (secondary N) is 1. The first-order valence-corrected chi connectivity index (χ1v) is 14.5. The van der Waals surface area contributed by atoms with Crippen molar-refractivity contribution in [3.8, 4) is 0 Å². The summed E-state index contributed by atoms with van der Waals surface area (Å²) >= 11 is 0. The van der Waals surface area contributed by atoms with E-state index in [1.54, 1.807) is 12.1 Å². The average molecular weight is 516 g/mol. The van der Waals surface area contributed by atoms with Crippen LogP contribution in [-0.4, -0.2) is 50.0 Å². The number of sulfonamides is 1. The number of benzene rings is 2. The molecule has 0 saturated carbocycles. The lowest BCUT2D eigenvalue weighted by molar-refractivity contribution is -0.140. The van der Waals surface area contributed by atoms with E-state index in [0.29, 0.717) is 12.1 Å². The van der Waals surface area contributed by atoms with Crippen molar-refractivity contribution in [2.45, 2.75) is 78.9 Å². The number of carbonyl (C=O) groups is 2. The smallest absolute Gasteiger partial charge is 0.244 e. The number of aryl methyl sites for hydroxylation is 1. The summed E-state index contributed by atoms with van der Waals surface area (Å²) in [6, 6.07) is 14.2. The molecule has 2 unspecified atom stereocenters. The fraction of sp³-hybridized carbons (Fsp3) is 0.500. The van der Waals surface area contributed by atoms with Crippen molar-refractivity contribution < 1.29 is 18.0 Å². The average Bonchev–Trinajstić information content (AvgIpc) is 2.81. The lowest BCUT2D eigenvalue weighted by atomic mass is 10.0. The van der Waals surface area contributed by atoms with Crippen molar-refractivity contribution >= 4 is 27.5 Å². The van der Waals surface area contributed by atoms with Crippen LogP contribution in [0.3, 0.4) is 0 Å². The molecule has 0 saturated heterocycles. The summed E-state index contributed by atoms with van der Waals surface area (Å²) in [5.74, 6) is -0.596. The fourth-order valence-electron chi connectivity index (χ4n) is 4.17. The van der Waals surface area contributed by atoms with E-state index in [4.69, 9.17) is 0 Å². The molecule has 0 fully saturated rings. The van der Waals surface area contributed by atoms with Crippen molar-refractivity contribution in [2.24, 2.45) is 0 Å². The second kappa shape index (κ2) is 12.9. The van der Waals surface area contributed by atoms with Crippen molar-refractivity contribution in [1.29, 1.82) is 0 Å². The SMILES string of the molecule is CCC(C)NC(=O)C(CC)N(Cc1cccc(C)c1)C(=O)CN(c1ccccc1C(C)C)S(C)(=O)=O. The molecule has 8 heteroatoms. The molecule has 36 heavy (non-hydrogen) atoms. The summed E-state index contributed by atoms with van der Waals surface area (Å²) < 4.78 is 27.0. The Kier molecular flexibility index (Phi) is 10.5. The molecule has 2 aromatic carbocycles. The lowest BCUT2D eigenvalue weighted by Crippen LogP contribution is -2.53. The fourth-order valence-corrected chi connectivity index (χ4v) is 5.03. The highest BCUT2D eigenvalue weighted by Gasteiger charge is 2.32. The Hall–Kier alpha value is -2.87. The number of para-hydroxylation sites is 1. The maximum Gasteiger partial charge on any atom is 0.244 e. The number of amides is 2. The van der Waals surface area contributed by atoms with Gasteiger partial charge in [-0.15, -0.1) is 0 Å². The van der Waals surface area contributed by atoms with Crippen LogP contribution in [0.5, 0.6) is 0 Å². The molecular formula is C28H41N3O4S. The Morgan fingerprint density at radius 1 is 0.972 bits per heavy atom. The van der Waals surface area contributed by atoms with Gasteiger partial charge in [-0.25, -0.2) is 8.42 Å².